The third kappa shape index (κ3) is 2.72. The Balaban J connectivity index is 1.98. The Hall–Kier alpha value is -1.36. The highest BCUT2D eigenvalue weighted by Gasteiger charge is 2.24. The molecule has 1 aromatic heterocycles. The lowest BCUT2D eigenvalue weighted by atomic mass is 9.98. The van der Waals surface area contributed by atoms with Gasteiger partial charge < -0.3 is 10.0 Å². The molecule has 0 spiro atoms. The van der Waals surface area contributed by atoms with Gasteiger partial charge in [-0.25, -0.2) is 0 Å². The number of carbonyl (C=O) groups is 1. The molecule has 2 N–H and O–H groups in total. The predicted octanol–water partition coefficient (Wildman–Crippen LogP) is 1.38. The molecule has 1 saturated heterocycles. The molecule has 0 unspecified atom stereocenters. The normalized spacial score (nSPS) is 17.4. The number of carbonyl (C=O) groups excluding carboxylic acids is 1. The first-order valence-corrected chi connectivity index (χ1v) is 6.57. The lowest BCUT2D eigenvalue weighted by molar-refractivity contribution is 0.0645. The first-order chi connectivity index (χ1) is 8.61. The molecule has 1 aliphatic rings. The Morgan fingerprint density at radius 2 is 2.22 bits per heavy atom. The van der Waals surface area contributed by atoms with Crippen LogP contribution in [-0.2, 0) is 0 Å². The van der Waals surface area contributed by atoms with Gasteiger partial charge in [-0.15, -0.1) is 0 Å². The predicted molar refractivity (Wildman–Crippen MR) is 68.4 cm³/mol. The number of hydrogen-bond acceptors (Lipinski definition) is 3. The number of rotatable bonds is 3. The van der Waals surface area contributed by atoms with Crippen LogP contribution in [0.1, 0.15) is 48.8 Å². The lowest BCUT2D eigenvalue weighted by Gasteiger charge is -2.30. The number of aliphatic hydroxyl groups excluding tert-OH is 1. The highest BCUT2D eigenvalue weighted by molar-refractivity contribution is 5.92. The maximum atomic E-state index is 12.2. The van der Waals surface area contributed by atoms with Crippen LogP contribution in [0.5, 0.6) is 0 Å². The van der Waals surface area contributed by atoms with Crippen molar-refractivity contribution >= 4 is 5.91 Å². The van der Waals surface area contributed by atoms with E-state index in [1.807, 2.05) is 11.0 Å². The SMILES string of the molecule is CC(C)c1cc(C(=O)N2CCC(CO)CC2)n[nH]1. The Bertz CT molecular complexity index is 406. The maximum Gasteiger partial charge on any atom is 0.274 e. The summed E-state index contributed by atoms with van der Waals surface area (Å²) in [6.45, 7) is 5.78. The zero-order valence-corrected chi connectivity index (χ0v) is 11.0. The summed E-state index contributed by atoms with van der Waals surface area (Å²) in [5.41, 5.74) is 1.49. The number of likely N-dealkylation sites (tertiary alicyclic amines) is 1. The quantitative estimate of drug-likeness (QED) is 0.852. The minimum absolute atomic E-state index is 0.00506. The van der Waals surface area contributed by atoms with Crippen molar-refractivity contribution in [3.05, 3.63) is 17.5 Å². The van der Waals surface area contributed by atoms with E-state index in [4.69, 9.17) is 5.11 Å². The molecule has 1 fully saturated rings. The van der Waals surface area contributed by atoms with Gasteiger partial charge in [-0.2, -0.15) is 5.10 Å². The first kappa shape index (κ1) is 13.1. The Morgan fingerprint density at radius 3 is 2.72 bits per heavy atom. The number of aromatic amines is 1. The van der Waals surface area contributed by atoms with Crippen LogP contribution in [-0.4, -0.2) is 45.8 Å². The second-order valence-electron chi connectivity index (χ2n) is 5.28. The minimum Gasteiger partial charge on any atom is -0.396 e. The van der Waals surface area contributed by atoms with E-state index in [0.29, 0.717) is 30.6 Å². The fourth-order valence-electron chi connectivity index (χ4n) is 2.22. The molecule has 5 nitrogen and oxygen atoms in total. The summed E-state index contributed by atoms with van der Waals surface area (Å²) in [6, 6.07) is 1.84. The van der Waals surface area contributed by atoms with Gasteiger partial charge in [0.1, 0.15) is 5.69 Å². The van der Waals surface area contributed by atoms with E-state index in [1.165, 1.54) is 0 Å². The molecule has 1 aromatic rings. The average molecular weight is 251 g/mol. The molecule has 5 heteroatoms. The lowest BCUT2D eigenvalue weighted by Crippen LogP contribution is -2.39. The van der Waals surface area contributed by atoms with Crippen LogP contribution in [0, 0.1) is 5.92 Å². The summed E-state index contributed by atoms with van der Waals surface area (Å²) in [5, 5.41) is 16.1. The van der Waals surface area contributed by atoms with Crippen molar-refractivity contribution in [3.8, 4) is 0 Å². The molecular formula is C13H21N3O2. The van der Waals surface area contributed by atoms with Gasteiger partial charge in [0.2, 0.25) is 0 Å². The highest BCUT2D eigenvalue weighted by atomic mass is 16.3. The molecule has 1 amide bonds. The topological polar surface area (TPSA) is 69.2 Å². The molecule has 2 rings (SSSR count). The summed E-state index contributed by atoms with van der Waals surface area (Å²) >= 11 is 0. The van der Waals surface area contributed by atoms with Crippen molar-refractivity contribution in [3.63, 3.8) is 0 Å². The molecule has 1 aliphatic heterocycles. The molecule has 0 aliphatic carbocycles. The van der Waals surface area contributed by atoms with Crippen LogP contribution >= 0.6 is 0 Å². The maximum absolute atomic E-state index is 12.2. The summed E-state index contributed by atoms with van der Waals surface area (Å²) in [5.74, 6) is 0.688. The van der Waals surface area contributed by atoms with Crippen LogP contribution in [0.15, 0.2) is 6.07 Å². The van der Waals surface area contributed by atoms with Crippen molar-refractivity contribution in [2.24, 2.45) is 5.92 Å². The molecule has 0 atom stereocenters. The number of hydrogen-bond donors (Lipinski definition) is 2. The number of H-pyrrole nitrogens is 1. The van der Waals surface area contributed by atoms with Gasteiger partial charge in [-0.1, -0.05) is 13.8 Å². The zero-order valence-electron chi connectivity index (χ0n) is 11.0. The molecule has 2 heterocycles. The van der Waals surface area contributed by atoms with E-state index in [0.717, 1.165) is 18.5 Å². The summed E-state index contributed by atoms with van der Waals surface area (Å²) in [6.07, 6.45) is 1.76. The monoisotopic (exact) mass is 251 g/mol. The number of aromatic nitrogens is 2. The fourth-order valence-corrected chi connectivity index (χ4v) is 2.22. The average Bonchev–Trinajstić information content (AvgIpc) is 2.88. The number of aliphatic hydroxyl groups is 1. The second-order valence-corrected chi connectivity index (χ2v) is 5.28. The molecule has 18 heavy (non-hydrogen) atoms. The van der Waals surface area contributed by atoms with E-state index >= 15 is 0 Å². The molecule has 100 valence electrons. The zero-order chi connectivity index (χ0) is 13.1. The highest BCUT2D eigenvalue weighted by Crippen LogP contribution is 2.19. The summed E-state index contributed by atoms with van der Waals surface area (Å²) in [7, 11) is 0. The van der Waals surface area contributed by atoms with E-state index < -0.39 is 0 Å². The van der Waals surface area contributed by atoms with Gasteiger partial charge in [-0.3, -0.25) is 9.89 Å². The second kappa shape index (κ2) is 5.52. The third-order valence-corrected chi connectivity index (χ3v) is 3.60. The molecule has 0 saturated carbocycles. The number of nitrogens with one attached hydrogen (secondary N) is 1. The minimum atomic E-state index is -0.00506. The molecular weight excluding hydrogens is 230 g/mol. The van der Waals surface area contributed by atoms with Crippen LogP contribution < -0.4 is 0 Å². The first-order valence-electron chi connectivity index (χ1n) is 6.57. The third-order valence-electron chi connectivity index (χ3n) is 3.60. The van der Waals surface area contributed by atoms with Gasteiger partial charge in [-0.05, 0) is 30.7 Å². The summed E-state index contributed by atoms with van der Waals surface area (Å²) in [4.78, 5) is 14.0. The van der Waals surface area contributed by atoms with Gasteiger partial charge >= 0.3 is 0 Å². The van der Waals surface area contributed by atoms with E-state index in [2.05, 4.69) is 24.0 Å². The van der Waals surface area contributed by atoms with Gasteiger partial charge in [0, 0.05) is 25.4 Å². The molecule has 0 bridgehead atoms. The van der Waals surface area contributed by atoms with Gasteiger partial charge in [0.25, 0.3) is 5.91 Å². The van der Waals surface area contributed by atoms with Crippen molar-refractivity contribution in [1.82, 2.24) is 15.1 Å². The van der Waals surface area contributed by atoms with Crippen LogP contribution in [0.25, 0.3) is 0 Å². The Kier molecular flexibility index (Phi) is 4.01. The van der Waals surface area contributed by atoms with Crippen LogP contribution in [0.3, 0.4) is 0 Å². The van der Waals surface area contributed by atoms with Crippen molar-refractivity contribution in [2.45, 2.75) is 32.6 Å². The number of amides is 1. The van der Waals surface area contributed by atoms with Crippen LogP contribution in [0.4, 0.5) is 0 Å². The van der Waals surface area contributed by atoms with Crippen molar-refractivity contribution < 1.29 is 9.90 Å². The number of piperidine rings is 1. The largest absolute Gasteiger partial charge is 0.396 e. The van der Waals surface area contributed by atoms with Gasteiger partial charge in [0.15, 0.2) is 0 Å². The van der Waals surface area contributed by atoms with Gasteiger partial charge in [0.05, 0.1) is 0 Å². The fraction of sp³-hybridized carbons (Fsp3) is 0.692. The molecule has 0 radical (unpaired) electrons. The Morgan fingerprint density at radius 1 is 1.56 bits per heavy atom. The van der Waals surface area contributed by atoms with E-state index in [9.17, 15) is 4.79 Å². The van der Waals surface area contributed by atoms with E-state index in [-0.39, 0.29) is 12.5 Å². The van der Waals surface area contributed by atoms with E-state index in [1.54, 1.807) is 0 Å². The molecule has 0 aromatic carbocycles. The summed E-state index contributed by atoms with van der Waals surface area (Å²) < 4.78 is 0. The standard InChI is InChI=1S/C13H21N3O2/c1-9(2)11-7-12(15-14-11)13(18)16-5-3-10(8-17)4-6-16/h7,9-10,17H,3-6,8H2,1-2H3,(H,14,15). The Labute approximate surface area is 107 Å². The van der Waals surface area contributed by atoms with Crippen LogP contribution in [0.2, 0.25) is 0 Å². The van der Waals surface area contributed by atoms with Crippen molar-refractivity contribution in [2.75, 3.05) is 19.7 Å². The smallest absolute Gasteiger partial charge is 0.274 e. The number of nitrogens with zero attached hydrogens (tertiary/aromatic N) is 2. The van der Waals surface area contributed by atoms with Crippen molar-refractivity contribution in [1.29, 1.82) is 0 Å².